The number of hydrogen-bond acceptors (Lipinski definition) is 2. The first-order valence-corrected chi connectivity index (χ1v) is 6.43. The third kappa shape index (κ3) is 2.92. The van der Waals surface area contributed by atoms with Crippen LogP contribution in [0.2, 0.25) is 0 Å². The van der Waals surface area contributed by atoms with Crippen LogP contribution in [0.15, 0.2) is 24.3 Å². The van der Waals surface area contributed by atoms with Crippen molar-refractivity contribution in [1.29, 1.82) is 0 Å². The Balaban J connectivity index is 2.05. The SMILES string of the molecule is CCCCCC1C=Cc2cc(C(=O)O)ccc2O1. The highest BCUT2D eigenvalue weighted by atomic mass is 16.5. The summed E-state index contributed by atoms with van der Waals surface area (Å²) in [5, 5.41) is 8.92. The molecule has 3 heteroatoms. The minimum Gasteiger partial charge on any atom is -0.486 e. The molecule has 1 aliphatic rings. The third-order valence-corrected chi connectivity index (χ3v) is 3.12. The van der Waals surface area contributed by atoms with Gasteiger partial charge in [0.05, 0.1) is 5.56 Å². The number of fused-ring (bicyclic) bond motifs is 1. The fourth-order valence-electron chi connectivity index (χ4n) is 2.08. The highest BCUT2D eigenvalue weighted by Crippen LogP contribution is 2.28. The molecule has 0 bridgehead atoms. The van der Waals surface area contributed by atoms with Gasteiger partial charge in [-0.15, -0.1) is 0 Å². The van der Waals surface area contributed by atoms with Crippen molar-refractivity contribution < 1.29 is 14.6 Å². The molecule has 0 aliphatic carbocycles. The molecule has 1 heterocycles. The Morgan fingerprint density at radius 2 is 2.22 bits per heavy atom. The van der Waals surface area contributed by atoms with Crippen LogP contribution in [-0.4, -0.2) is 17.2 Å². The van der Waals surface area contributed by atoms with Gasteiger partial charge in [0.1, 0.15) is 11.9 Å². The molecule has 0 aromatic heterocycles. The van der Waals surface area contributed by atoms with E-state index in [9.17, 15) is 4.79 Å². The summed E-state index contributed by atoms with van der Waals surface area (Å²) in [7, 11) is 0. The lowest BCUT2D eigenvalue weighted by atomic mass is 10.0. The van der Waals surface area contributed by atoms with E-state index in [1.54, 1.807) is 18.2 Å². The van der Waals surface area contributed by atoms with E-state index < -0.39 is 5.97 Å². The van der Waals surface area contributed by atoms with E-state index in [4.69, 9.17) is 9.84 Å². The molecule has 0 amide bonds. The molecule has 1 aliphatic heterocycles. The molecule has 1 aromatic rings. The van der Waals surface area contributed by atoms with Crippen molar-refractivity contribution in [1.82, 2.24) is 0 Å². The first kappa shape index (κ1) is 12.7. The predicted octanol–water partition coefficient (Wildman–Crippen LogP) is 3.74. The summed E-state index contributed by atoms with van der Waals surface area (Å²) in [5.41, 5.74) is 1.15. The van der Waals surface area contributed by atoms with Crippen LogP contribution in [0.3, 0.4) is 0 Å². The maximum Gasteiger partial charge on any atom is 0.335 e. The topological polar surface area (TPSA) is 46.5 Å². The van der Waals surface area contributed by atoms with Crippen molar-refractivity contribution in [2.45, 2.75) is 38.7 Å². The lowest BCUT2D eigenvalue weighted by molar-refractivity contribution is 0.0697. The molecule has 3 nitrogen and oxygen atoms in total. The predicted molar refractivity (Wildman–Crippen MR) is 71.0 cm³/mol. The van der Waals surface area contributed by atoms with Gasteiger partial charge in [0.25, 0.3) is 0 Å². The minimum absolute atomic E-state index is 0.125. The smallest absolute Gasteiger partial charge is 0.335 e. The lowest BCUT2D eigenvalue weighted by Gasteiger charge is -2.21. The van der Waals surface area contributed by atoms with Gasteiger partial charge in [-0.3, -0.25) is 0 Å². The van der Waals surface area contributed by atoms with Gasteiger partial charge in [-0.1, -0.05) is 25.8 Å². The second-order valence-corrected chi connectivity index (χ2v) is 4.57. The number of carboxylic acid groups (broad SMARTS) is 1. The Kier molecular flexibility index (Phi) is 4.03. The number of unbranched alkanes of at least 4 members (excludes halogenated alkanes) is 2. The maximum absolute atomic E-state index is 10.9. The zero-order valence-electron chi connectivity index (χ0n) is 10.6. The third-order valence-electron chi connectivity index (χ3n) is 3.12. The van der Waals surface area contributed by atoms with Crippen LogP contribution >= 0.6 is 0 Å². The number of hydrogen-bond donors (Lipinski definition) is 1. The normalized spacial score (nSPS) is 17.1. The first-order chi connectivity index (χ1) is 8.70. The number of carbonyl (C=O) groups is 1. The summed E-state index contributed by atoms with van der Waals surface area (Å²) in [4.78, 5) is 10.9. The summed E-state index contributed by atoms with van der Waals surface area (Å²) in [6.45, 7) is 2.18. The van der Waals surface area contributed by atoms with Gasteiger partial charge in [-0.25, -0.2) is 4.79 Å². The van der Waals surface area contributed by atoms with E-state index in [0.29, 0.717) is 5.56 Å². The number of ether oxygens (including phenoxy) is 1. The Labute approximate surface area is 107 Å². The molecule has 1 atom stereocenters. The van der Waals surface area contributed by atoms with Gasteiger partial charge in [-0.05, 0) is 37.1 Å². The van der Waals surface area contributed by atoms with E-state index in [-0.39, 0.29) is 6.10 Å². The van der Waals surface area contributed by atoms with E-state index in [0.717, 1.165) is 24.2 Å². The van der Waals surface area contributed by atoms with Crippen LogP contribution in [-0.2, 0) is 0 Å². The largest absolute Gasteiger partial charge is 0.486 e. The molecule has 0 saturated carbocycles. The number of carboxylic acids is 1. The molecule has 0 spiro atoms. The molecule has 0 radical (unpaired) electrons. The van der Waals surface area contributed by atoms with Crippen LogP contribution < -0.4 is 4.74 Å². The van der Waals surface area contributed by atoms with Gasteiger partial charge >= 0.3 is 5.97 Å². The average Bonchev–Trinajstić information content (AvgIpc) is 2.38. The second kappa shape index (κ2) is 5.71. The van der Waals surface area contributed by atoms with Crippen molar-refractivity contribution in [2.75, 3.05) is 0 Å². The molecular formula is C15H18O3. The van der Waals surface area contributed by atoms with Crippen LogP contribution in [0.1, 0.15) is 48.5 Å². The van der Waals surface area contributed by atoms with Crippen LogP contribution in [0.4, 0.5) is 0 Å². The lowest BCUT2D eigenvalue weighted by Crippen LogP contribution is -2.17. The summed E-state index contributed by atoms with van der Waals surface area (Å²) in [6, 6.07) is 4.98. The monoisotopic (exact) mass is 246 g/mol. The summed E-state index contributed by atoms with van der Waals surface area (Å²) in [6.07, 6.45) is 8.71. The van der Waals surface area contributed by atoms with Crippen molar-refractivity contribution >= 4 is 12.0 Å². The van der Waals surface area contributed by atoms with E-state index in [1.165, 1.54) is 12.8 Å². The van der Waals surface area contributed by atoms with Crippen molar-refractivity contribution in [3.63, 3.8) is 0 Å². The number of aromatic carboxylic acids is 1. The Hall–Kier alpha value is -1.77. The molecule has 2 rings (SSSR count). The van der Waals surface area contributed by atoms with Crippen LogP contribution in [0.5, 0.6) is 5.75 Å². The van der Waals surface area contributed by atoms with E-state index in [1.807, 2.05) is 12.2 Å². The van der Waals surface area contributed by atoms with Gasteiger partial charge in [0.15, 0.2) is 0 Å². The fourth-order valence-corrected chi connectivity index (χ4v) is 2.08. The van der Waals surface area contributed by atoms with Crippen molar-refractivity contribution in [3.05, 3.63) is 35.4 Å². The summed E-state index contributed by atoms with van der Waals surface area (Å²) >= 11 is 0. The zero-order valence-corrected chi connectivity index (χ0v) is 10.6. The zero-order chi connectivity index (χ0) is 13.0. The first-order valence-electron chi connectivity index (χ1n) is 6.43. The summed E-state index contributed by atoms with van der Waals surface area (Å²) < 4.78 is 5.83. The van der Waals surface area contributed by atoms with Crippen LogP contribution in [0, 0.1) is 0 Å². The number of benzene rings is 1. The van der Waals surface area contributed by atoms with E-state index >= 15 is 0 Å². The molecule has 1 N–H and O–H groups in total. The van der Waals surface area contributed by atoms with Crippen molar-refractivity contribution in [3.8, 4) is 5.75 Å². The fraction of sp³-hybridized carbons (Fsp3) is 0.400. The molecular weight excluding hydrogens is 228 g/mol. The molecule has 1 aromatic carbocycles. The van der Waals surface area contributed by atoms with Gasteiger partial charge in [-0.2, -0.15) is 0 Å². The highest BCUT2D eigenvalue weighted by Gasteiger charge is 2.15. The van der Waals surface area contributed by atoms with Gasteiger partial charge in [0, 0.05) is 5.56 Å². The molecule has 18 heavy (non-hydrogen) atoms. The molecule has 0 saturated heterocycles. The Morgan fingerprint density at radius 3 is 2.94 bits per heavy atom. The maximum atomic E-state index is 10.9. The molecule has 1 unspecified atom stereocenters. The van der Waals surface area contributed by atoms with Crippen molar-refractivity contribution in [2.24, 2.45) is 0 Å². The summed E-state index contributed by atoms with van der Waals surface area (Å²) in [5.74, 6) is -0.125. The molecule has 96 valence electrons. The average molecular weight is 246 g/mol. The second-order valence-electron chi connectivity index (χ2n) is 4.57. The quantitative estimate of drug-likeness (QED) is 0.805. The van der Waals surface area contributed by atoms with E-state index in [2.05, 4.69) is 6.92 Å². The highest BCUT2D eigenvalue weighted by molar-refractivity contribution is 5.89. The number of rotatable bonds is 5. The Bertz CT molecular complexity index is 463. The van der Waals surface area contributed by atoms with Gasteiger partial charge in [0.2, 0.25) is 0 Å². The molecule has 0 fully saturated rings. The standard InChI is InChI=1S/C15H18O3/c1-2-3-4-5-13-8-6-11-10-12(15(16)17)7-9-14(11)18-13/h6-10,13H,2-5H2,1H3,(H,16,17). The minimum atomic E-state index is -0.906. The van der Waals surface area contributed by atoms with Crippen LogP contribution in [0.25, 0.3) is 6.08 Å². The Morgan fingerprint density at radius 1 is 1.39 bits per heavy atom. The van der Waals surface area contributed by atoms with Gasteiger partial charge < -0.3 is 9.84 Å².